The number of hydrogen-bond donors (Lipinski definition) is 1. The van der Waals surface area contributed by atoms with Crippen molar-refractivity contribution in [2.24, 2.45) is 0 Å². The van der Waals surface area contributed by atoms with Crippen LogP contribution in [0.4, 0.5) is 0 Å². The van der Waals surface area contributed by atoms with Crippen molar-refractivity contribution in [3.63, 3.8) is 0 Å². The van der Waals surface area contributed by atoms with Gasteiger partial charge in [-0.2, -0.15) is 5.10 Å². The first-order valence-electron chi connectivity index (χ1n) is 11.1. The van der Waals surface area contributed by atoms with E-state index in [0.717, 1.165) is 66.3 Å². The molecule has 1 N–H and O–H groups in total. The maximum atomic E-state index is 11.2. The molecule has 0 unspecified atom stereocenters. The van der Waals surface area contributed by atoms with Crippen LogP contribution in [0.25, 0.3) is 11.0 Å². The zero-order chi connectivity index (χ0) is 22.5. The van der Waals surface area contributed by atoms with Crippen molar-refractivity contribution in [3.8, 4) is 11.5 Å². The Bertz CT molecular complexity index is 1060. The lowest BCUT2D eigenvalue weighted by atomic mass is 9.93. The molecule has 8 heteroatoms. The Kier molecular flexibility index (Phi) is 6.90. The highest BCUT2D eigenvalue weighted by atomic mass is 16.5. The number of hydrogen-bond acceptors (Lipinski definition) is 6. The van der Waals surface area contributed by atoms with Gasteiger partial charge in [0.2, 0.25) is 5.91 Å². The first-order valence-corrected chi connectivity index (χ1v) is 11.1. The highest BCUT2D eigenvalue weighted by Crippen LogP contribution is 2.34. The van der Waals surface area contributed by atoms with Gasteiger partial charge in [0.25, 0.3) is 0 Å². The summed E-state index contributed by atoms with van der Waals surface area (Å²) in [5.41, 5.74) is 3.04. The highest BCUT2D eigenvalue weighted by Gasteiger charge is 2.27. The van der Waals surface area contributed by atoms with E-state index in [-0.39, 0.29) is 5.91 Å². The van der Waals surface area contributed by atoms with Crippen molar-refractivity contribution in [3.05, 3.63) is 47.8 Å². The van der Waals surface area contributed by atoms with E-state index in [1.165, 1.54) is 6.92 Å². The minimum atomic E-state index is -0.0377. The van der Waals surface area contributed by atoms with Crippen LogP contribution in [0.5, 0.6) is 11.5 Å². The topological polar surface area (TPSA) is 81.5 Å². The number of nitrogens with zero attached hydrogens (tertiary/aromatic N) is 4. The number of rotatable bonds is 8. The van der Waals surface area contributed by atoms with Crippen molar-refractivity contribution in [2.45, 2.75) is 38.8 Å². The number of nitrogens with one attached hydrogen (secondary N) is 1. The van der Waals surface area contributed by atoms with Crippen LogP contribution in [0.1, 0.15) is 36.9 Å². The summed E-state index contributed by atoms with van der Waals surface area (Å²) in [5.74, 6) is 1.98. The van der Waals surface area contributed by atoms with Crippen LogP contribution in [-0.2, 0) is 17.9 Å². The summed E-state index contributed by atoms with van der Waals surface area (Å²) >= 11 is 0. The number of aromatic nitrogens is 3. The normalized spacial score (nSPS) is 16.8. The number of ether oxygens (including phenoxy) is 2. The van der Waals surface area contributed by atoms with Gasteiger partial charge in [-0.25, -0.2) is 9.67 Å². The van der Waals surface area contributed by atoms with E-state index < -0.39 is 0 Å². The highest BCUT2D eigenvalue weighted by molar-refractivity contribution is 5.79. The second-order valence-electron chi connectivity index (χ2n) is 8.18. The van der Waals surface area contributed by atoms with E-state index in [0.29, 0.717) is 19.0 Å². The fraction of sp³-hybridized carbons (Fsp3) is 0.458. The molecule has 0 aliphatic carbocycles. The van der Waals surface area contributed by atoms with Crippen molar-refractivity contribution in [2.75, 3.05) is 33.9 Å². The molecule has 170 valence electrons. The van der Waals surface area contributed by atoms with Crippen LogP contribution in [0.2, 0.25) is 0 Å². The lowest BCUT2D eigenvalue weighted by molar-refractivity contribution is -0.118. The van der Waals surface area contributed by atoms with E-state index in [9.17, 15) is 4.79 Å². The van der Waals surface area contributed by atoms with Crippen molar-refractivity contribution in [1.82, 2.24) is 25.0 Å². The lowest BCUT2D eigenvalue weighted by Gasteiger charge is -2.32. The van der Waals surface area contributed by atoms with Gasteiger partial charge in [0.05, 0.1) is 32.0 Å². The van der Waals surface area contributed by atoms with Crippen LogP contribution >= 0.6 is 0 Å². The number of pyridine rings is 1. The SMILES string of the molecule is COc1cccc(OC)c1CN1CCC[C@H](c2nn(CCNC(C)=O)c3ncccc23)C1. The molecule has 1 amide bonds. The molecule has 1 aliphatic heterocycles. The molecule has 32 heavy (non-hydrogen) atoms. The second-order valence-corrected chi connectivity index (χ2v) is 8.18. The average Bonchev–Trinajstić information content (AvgIpc) is 3.18. The van der Waals surface area contributed by atoms with Crippen LogP contribution in [0, 0.1) is 0 Å². The molecule has 1 atom stereocenters. The molecule has 2 aromatic heterocycles. The molecule has 1 fully saturated rings. The van der Waals surface area contributed by atoms with E-state index in [4.69, 9.17) is 14.6 Å². The van der Waals surface area contributed by atoms with Gasteiger partial charge in [0, 0.05) is 44.1 Å². The Morgan fingerprint density at radius 2 is 1.97 bits per heavy atom. The van der Waals surface area contributed by atoms with Crippen LogP contribution in [0.15, 0.2) is 36.5 Å². The summed E-state index contributed by atoms with van der Waals surface area (Å²) in [6, 6.07) is 9.98. The molecule has 3 heterocycles. The van der Waals surface area contributed by atoms with Gasteiger partial charge < -0.3 is 14.8 Å². The molecule has 0 saturated carbocycles. The Labute approximate surface area is 188 Å². The largest absolute Gasteiger partial charge is 0.496 e. The average molecular weight is 438 g/mol. The third-order valence-corrected chi connectivity index (χ3v) is 6.04. The van der Waals surface area contributed by atoms with Crippen LogP contribution in [0.3, 0.4) is 0 Å². The Morgan fingerprint density at radius 3 is 2.69 bits per heavy atom. The summed E-state index contributed by atoms with van der Waals surface area (Å²) in [4.78, 5) is 18.3. The number of carbonyl (C=O) groups excluding carboxylic acids is 1. The van der Waals surface area contributed by atoms with Gasteiger partial charge in [-0.15, -0.1) is 0 Å². The third kappa shape index (κ3) is 4.70. The molecule has 3 aromatic rings. The monoisotopic (exact) mass is 437 g/mol. The molecule has 8 nitrogen and oxygen atoms in total. The smallest absolute Gasteiger partial charge is 0.216 e. The van der Waals surface area contributed by atoms with Crippen molar-refractivity contribution >= 4 is 16.9 Å². The Balaban J connectivity index is 1.56. The first kappa shape index (κ1) is 22.1. The zero-order valence-electron chi connectivity index (χ0n) is 19.0. The number of piperidine rings is 1. The fourth-order valence-electron chi connectivity index (χ4n) is 4.56. The second kappa shape index (κ2) is 9.99. The maximum absolute atomic E-state index is 11.2. The van der Waals surface area contributed by atoms with E-state index in [1.807, 2.05) is 28.9 Å². The van der Waals surface area contributed by atoms with Gasteiger partial charge in [-0.3, -0.25) is 9.69 Å². The number of likely N-dealkylation sites (tertiary alicyclic amines) is 1. The first-order chi connectivity index (χ1) is 15.6. The predicted molar refractivity (Wildman–Crippen MR) is 123 cm³/mol. The fourth-order valence-corrected chi connectivity index (χ4v) is 4.56. The van der Waals surface area contributed by atoms with Gasteiger partial charge in [0.1, 0.15) is 11.5 Å². The van der Waals surface area contributed by atoms with Gasteiger partial charge in [-0.05, 0) is 43.7 Å². The standard InChI is InChI=1S/C24H31N5O3/c1-17(30)25-12-14-29-24-19(8-5-11-26-24)23(27-29)18-7-6-13-28(15-18)16-20-21(31-2)9-4-10-22(20)32-3/h4-5,8-11,18H,6-7,12-16H2,1-3H3,(H,25,30)/t18-/m0/s1. The molecule has 0 bridgehead atoms. The van der Waals surface area contributed by atoms with Gasteiger partial charge in [0.15, 0.2) is 5.65 Å². The number of carbonyl (C=O) groups is 1. The molecular weight excluding hydrogens is 406 g/mol. The molecule has 4 rings (SSSR count). The summed E-state index contributed by atoms with van der Waals surface area (Å²) in [7, 11) is 3.40. The molecule has 0 radical (unpaired) electrons. The van der Waals surface area contributed by atoms with Gasteiger partial charge in [-0.1, -0.05) is 6.07 Å². The number of fused-ring (bicyclic) bond motifs is 1. The van der Waals surface area contributed by atoms with Gasteiger partial charge >= 0.3 is 0 Å². The van der Waals surface area contributed by atoms with Crippen LogP contribution < -0.4 is 14.8 Å². The molecule has 0 spiro atoms. The van der Waals surface area contributed by atoms with Crippen LogP contribution in [-0.4, -0.2) is 59.4 Å². The summed E-state index contributed by atoms with van der Waals surface area (Å²) in [5, 5.41) is 8.88. The number of methoxy groups -OCH3 is 2. The number of amides is 1. The van der Waals surface area contributed by atoms with E-state index >= 15 is 0 Å². The predicted octanol–water partition coefficient (Wildman–Crippen LogP) is 2.96. The van der Waals surface area contributed by atoms with E-state index in [1.54, 1.807) is 20.4 Å². The zero-order valence-corrected chi connectivity index (χ0v) is 19.0. The van der Waals surface area contributed by atoms with E-state index in [2.05, 4.69) is 21.3 Å². The van der Waals surface area contributed by atoms with Crippen molar-refractivity contribution in [1.29, 1.82) is 0 Å². The molecule has 1 aromatic carbocycles. The lowest BCUT2D eigenvalue weighted by Crippen LogP contribution is -2.34. The number of benzene rings is 1. The minimum Gasteiger partial charge on any atom is -0.496 e. The summed E-state index contributed by atoms with van der Waals surface area (Å²) < 4.78 is 13.1. The van der Waals surface area contributed by atoms with Crippen molar-refractivity contribution < 1.29 is 14.3 Å². The Morgan fingerprint density at radius 1 is 1.19 bits per heavy atom. The quantitative estimate of drug-likeness (QED) is 0.584. The third-order valence-electron chi connectivity index (χ3n) is 6.04. The molecular formula is C24H31N5O3. The summed E-state index contributed by atoms with van der Waals surface area (Å²) in [6.07, 6.45) is 3.98. The molecule has 1 saturated heterocycles. The summed E-state index contributed by atoms with van der Waals surface area (Å²) in [6.45, 7) is 5.36. The minimum absolute atomic E-state index is 0.0377. The Hall–Kier alpha value is -3.13. The maximum Gasteiger partial charge on any atom is 0.216 e. The molecule has 1 aliphatic rings.